The van der Waals surface area contributed by atoms with Crippen molar-refractivity contribution in [2.45, 2.75) is 31.8 Å². The summed E-state index contributed by atoms with van der Waals surface area (Å²) in [5.41, 5.74) is 0.412. The Morgan fingerprint density at radius 1 is 1.18 bits per heavy atom. The molecule has 1 aliphatic heterocycles. The normalized spacial score (nSPS) is 13.2. The van der Waals surface area contributed by atoms with E-state index >= 15 is 0 Å². The van der Waals surface area contributed by atoms with Crippen LogP contribution in [-0.2, 0) is 10.0 Å². The second-order valence-corrected chi connectivity index (χ2v) is 10.7. The van der Waals surface area contributed by atoms with Crippen molar-refractivity contribution in [1.82, 2.24) is 0 Å². The summed E-state index contributed by atoms with van der Waals surface area (Å²) in [5, 5.41) is 8.30. The van der Waals surface area contributed by atoms with Crippen LogP contribution in [0.15, 0.2) is 71.8 Å². The molecule has 1 N–H and O–H groups in total. The molecule has 0 saturated heterocycles. The van der Waals surface area contributed by atoms with Gasteiger partial charge in [0.1, 0.15) is 29.7 Å². The van der Waals surface area contributed by atoms with Crippen LogP contribution in [-0.4, -0.2) is 33.3 Å². The molecule has 12 heteroatoms. The van der Waals surface area contributed by atoms with Gasteiger partial charge in [0, 0.05) is 29.7 Å². The first kappa shape index (κ1) is 30.8. The van der Waals surface area contributed by atoms with E-state index in [4.69, 9.17) is 21.4 Å². The van der Waals surface area contributed by atoms with Gasteiger partial charge < -0.3 is 14.6 Å². The van der Waals surface area contributed by atoms with Crippen molar-refractivity contribution in [2.24, 2.45) is 0 Å². The monoisotopic (exact) mass is 599 g/mol. The lowest BCUT2D eigenvalue weighted by Crippen LogP contribution is -2.38. The van der Waals surface area contributed by atoms with Crippen molar-refractivity contribution in [3.63, 3.8) is 0 Å². The number of sulfonamides is 1. The van der Waals surface area contributed by atoms with Gasteiger partial charge in [-0.25, -0.2) is 17.2 Å². The second-order valence-electron chi connectivity index (χ2n) is 8.46. The molecule has 0 bridgehead atoms. The molecule has 0 atom stereocenters. The van der Waals surface area contributed by atoms with Crippen LogP contribution in [0.5, 0.6) is 11.5 Å². The largest absolute Gasteiger partial charge is 0.513 e. The highest BCUT2D eigenvalue weighted by Crippen LogP contribution is 2.39. The van der Waals surface area contributed by atoms with Crippen molar-refractivity contribution >= 4 is 39.0 Å². The van der Waals surface area contributed by atoms with Crippen LogP contribution in [0.2, 0.25) is 5.02 Å². The third-order valence-electron chi connectivity index (χ3n) is 5.65. The molecule has 214 valence electrons. The summed E-state index contributed by atoms with van der Waals surface area (Å²) in [6.45, 7) is 3.33. The number of hydrogen-bond donors (Lipinski definition) is 1. The number of halogens is 5. The van der Waals surface area contributed by atoms with E-state index < -0.39 is 28.3 Å². The smallest absolute Gasteiger partial charge is 0.387 e. The highest BCUT2D eigenvalue weighted by atomic mass is 35.5. The molecule has 0 aliphatic carbocycles. The number of ether oxygens (including phenoxy) is 2. The van der Waals surface area contributed by atoms with E-state index in [2.05, 4.69) is 11.3 Å². The van der Waals surface area contributed by atoms with Gasteiger partial charge in [-0.05, 0) is 48.9 Å². The van der Waals surface area contributed by atoms with E-state index in [1.54, 1.807) is 6.92 Å². The van der Waals surface area contributed by atoms with Crippen molar-refractivity contribution in [1.29, 1.82) is 0 Å². The summed E-state index contributed by atoms with van der Waals surface area (Å²) in [6, 6.07) is 11.1. The van der Waals surface area contributed by atoms with Gasteiger partial charge in [0.25, 0.3) is 10.0 Å². The summed E-state index contributed by atoms with van der Waals surface area (Å²) >= 11 is 6.10. The Bertz CT molecular complexity index is 1510. The molecule has 6 nitrogen and oxygen atoms in total. The fraction of sp³-hybridized carbons (Fsp3) is 0.214. The number of aliphatic hydroxyl groups excluding tert-OH is 1. The Kier molecular flexibility index (Phi) is 10.1. The third-order valence-corrected chi connectivity index (χ3v) is 7.78. The molecule has 0 radical (unpaired) electrons. The Labute approximate surface area is 234 Å². The van der Waals surface area contributed by atoms with Crippen molar-refractivity contribution in [2.75, 3.05) is 17.5 Å². The predicted octanol–water partition coefficient (Wildman–Crippen LogP) is 7.84. The molecular formula is C28H26ClF4NO5S. The summed E-state index contributed by atoms with van der Waals surface area (Å²) < 4.78 is 91.8. The van der Waals surface area contributed by atoms with Gasteiger partial charge in [-0.1, -0.05) is 37.2 Å². The number of hydrogen-bond acceptors (Lipinski definition) is 5. The van der Waals surface area contributed by atoms with Crippen LogP contribution >= 0.6 is 11.6 Å². The van der Waals surface area contributed by atoms with Gasteiger partial charge in [0.15, 0.2) is 0 Å². The molecule has 1 aliphatic rings. The molecular weight excluding hydrogens is 574 g/mol. The number of aliphatic hydroxyl groups is 1. The lowest BCUT2D eigenvalue weighted by molar-refractivity contribution is -0.0499. The highest BCUT2D eigenvalue weighted by molar-refractivity contribution is 7.92. The average molecular weight is 600 g/mol. The molecule has 0 amide bonds. The van der Waals surface area contributed by atoms with Gasteiger partial charge in [0.2, 0.25) is 0 Å². The summed E-state index contributed by atoms with van der Waals surface area (Å²) in [7, 11) is -4.25. The zero-order valence-corrected chi connectivity index (χ0v) is 23.1. The van der Waals surface area contributed by atoms with Gasteiger partial charge >= 0.3 is 6.61 Å². The fourth-order valence-electron chi connectivity index (χ4n) is 3.71. The molecule has 3 aromatic rings. The first-order valence-electron chi connectivity index (χ1n) is 11.9. The standard InChI is InChI=1S/C24H18ClF4NO4S.C4H8O/c1-14(23-18(25)6-3-7-19(23)26)10-15-11-21-22(13-20(15)27)33-9-8-30(21)35(31,32)17-5-2-4-16(12-17)34-24(28)29;1-3-4(2)5/h2-7,10-13,24H,8-9H2,1H3;5H,2-3H2,1H3/b14-10+;. The van der Waals surface area contributed by atoms with Crippen molar-refractivity contribution in [3.8, 4) is 11.5 Å². The number of benzene rings is 3. The second kappa shape index (κ2) is 13.1. The van der Waals surface area contributed by atoms with Crippen LogP contribution in [0.3, 0.4) is 0 Å². The maximum Gasteiger partial charge on any atom is 0.387 e. The van der Waals surface area contributed by atoms with Gasteiger partial charge in [0.05, 0.1) is 27.9 Å². The zero-order valence-electron chi connectivity index (χ0n) is 21.5. The van der Waals surface area contributed by atoms with E-state index in [1.807, 2.05) is 6.92 Å². The van der Waals surface area contributed by atoms with Crippen LogP contribution in [0.1, 0.15) is 31.4 Å². The number of rotatable bonds is 7. The first-order valence-corrected chi connectivity index (χ1v) is 13.7. The molecule has 0 unspecified atom stereocenters. The predicted molar refractivity (Wildman–Crippen MR) is 147 cm³/mol. The molecule has 0 fully saturated rings. The molecule has 0 aromatic heterocycles. The quantitative estimate of drug-likeness (QED) is 0.170. The van der Waals surface area contributed by atoms with E-state index in [0.29, 0.717) is 12.0 Å². The molecule has 0 spiro atoms. The third kappa shape index (κ3) is 7.28. The SMILES string of the molecule is C/C(=C\c1cc2c(cc1F)OCCN2S(=O)(=O)c1cccc(OC(F)F)c1)c1c(F)cccc1Cl.C=C(O)CC. The van der Waals surface area contributed by atoms with Crippen LogP contribution in [0.25, 0.3) is 11.6 Å². The number of fused-ring (bicyclic) bond motifs is 1. The van der Waals surface area contributed by atoms with Gasteiger partial charge in [-0.15, -0.1) is 0 Å². The van der Waals surface area contributed by atoms with Gasteiger partial charge in [-0.3, -0.25) is 4.31 Å². The van der Waals surface area contributed by atoms with Crippen LogP contribution in [0, 0.1) is 11.6 Å². The summed E-state index contributed by atoms with van der Waals surface area (Å²) in [4.78, 5) is -0.292. The number of anilines is 1. The average Bonchev–Trinajstić information content (AvgIpc) is 2.88. The van der Waals surface area contributed by atoms with Crippen LogP contribution < -0.4 is 13.8 Å². The number of nitrogens with zero attached hydrogens (tertiary/aromatic N) is 1. The Balaban J connectivity index is 0.000000810. The Morgan fingerprint density at radius 3 is 2.48 bits per heavy atom. The first-order chi connectivity index (χ1) is 18.8. The van der Waals surface area contributed by atoms with E-state index in [0.717, 1.165) is 16.4 Å². The zero-order chi connectivity index (χ0) is 29.6. The molecule has 4 rings (SSSR count). The lowest BCUT2D eigenvalue weighted by Gasteiger charge is -2.31. The van der Waals surface area contributed by atoms with E-state index in [1.165, 1.54) is 48.5 Å². The molecule has 1 heterocycles. The molecule has 3 aromatic carbocycles. The molecule has 0 saturated carbocycles. The van der Waals surface area contributed by atoms with Crippen molar-refractivity contribution in [3.05, 3.63) is 94.7 Å². The minimum Gasteiger partial charge on any atom is -0.513 e. The Morgan fingerprint density at radius 2 is 1.85 bits per heavy atom. The maximum atomic E-state index is 14.9. The minimum atomic E-state index is -4.25. The fourth-order valence-corrected chi connectivity index (χ4v) is 5.51. The lowest BCUT2D eigenvalue weighted by atomic mass is 10.0. The summed E-state index contributed by atoms with van der Waals surface area (Å²) in [6.07, 6.45) is 2.01. The maximum absolute atomic E-state index is 14.9. The Hall–Kier alpha value is -3.70. The van der Waals surface area contributed by atoms with Crippen LogP contribution in [0.4, 0.5) is 23.2 Å². The topological polar surface area (TPSA) is 76.1 Å². The van der Waals surface area contributed by atoms with E-state index in [9.17, 15) is 26.0 Å². The van der Waals surface area contributed by atoms with Gasteiger partial charge in [-0.2, -0.15) is 8.78 Å². The van der Waals surface area contributed by atoms with E-state index in [-0.39, 0.29) is 57.1 Å². The highest BCUT2D eigenvalue weighted by Gasteiger charge is 2.31. The number of allylic oxidation sites excluding steroid dienone is 2. The van der Waals surface area contributed by atoms with Crippen molar-refractivity contribution < 1.29 is 40.6 Å². The summed E-state index contributed by atoms with van der Waals surface area (Å²) in [5.74, 6) is -1.40. The molecule has 40 heavy (non-hydrogen) atoms. The minimum absolute atomic E-state index is 0.0176. The number of alkyl halides is 2.